The number of nitrogens with zero attached hydrogens (tertiary/aromatic N) is 1. The topological polar surface area (TPSA) is 49.4 Å². The highest BCUT2D eigenvalue weighted by atomic mass is 16.2. The van der Waals surface area contributed by atoms with Crippen LogP contribution in [0.3, 0.4) is 0 Å². The monoisotopic (exact) mass is 250 g/mol. The van der Waals surface area contributed by atoms with E-state index >= 15 is 0 Å². The van der Waals surface area contributed by atoms with Gasteiger partial charge in [-0.15, -0.1) is 0 Å². The number of amides is 2. The number of hydrogen-bond donors (Lipinski definition) is 1. The first kappa shape index (κ1) is 13.3. The molecule has 0 aromatic rings. The highest BCUT2D eigenvalue weighted by Crippen LogP contribution is 2.32. The molecule has 100 valence electrons. The van der Waals surface area contributed by atoms with Crippen LogP contribution in [0.2, 0.25) is 0 Å². The molecule has 4 heteroatoms. The molecule has 2 rings (SSSR count). The molecule has 18 heavy (non-hydrogen) atoms. The van der Waals surface area contributed by atoms with E-state index in [0.717, 1.165) is 19.4 Å². The molecule has 4 nitrogen and oxygen atoms in total. The van der Waals surface area contributed by atoms with Gasteiger partial charge < -0.3 is 5.32 Å². The number of hydrogen-bond acceptors (Lipinski definition) is 3. The summed E-state index contributed by atoms with van der Waals surface area (Å²) in [4.78, 5) is 25.5. The van der Waals surface area contributed by atoms with Crippen LogP contribution in [0.1, 0.15) is 40.5 Å². The summed E-state index contributed by atoms with van der Waals surface area (Å²) in [5, 5.41) is 3.44. The van der Waals surface area contributed by atoms with Crippen molar-refractivity contribution in [3.05, 3.63) is 11.1 Å². The SMILES string of the molecule is CC1=C(C)C(=O)N(CC2NCCCC2(C)C)C1=O. The molecule has 2 aliphatic rings. The lowest BCUT2D eigenvalue weighted by Crippen LogP contribution is -2.54. The molecule has 0 saturated carbocycles. The first-order chi connectivity index (χ1) is 8.34. The minimum atomic E-state index is -0.124. The van der Waals surface area contributed by atoms with Crippen LogP contribution in [-0.2, 0) is 9.59 Å². The average Bonchev–Trinajstić information content (AvgIpc) is 2.49. The zero-order valence-electron chi connectivity index (χ0n) is 11.7. The molecular formula is C14H22N2O2. The van der Waals surface area contributed by atoms with Crippen molar-refractivity contribution in [3.8, 4) is 0 Å². The molecule has 1 atom stereocenters. The van der Waals surface area contributed by atoms with E-state index in [1.54, 1.807) is 13.8 Å². The maximum atomic E-state index is 12.0. The van der Waals surface area contributed by atoms with Crippen molar-refractivity contribution >= 4 is 11.8 Å². The third-order valence-electron chi connectivity index (χ3n) is 4.39. The molecule has 0 spiro atoms. The van der Waals surface area contributed by atoms with Gasteiger partial charge in [0.2, 0.25) is 0 Å². The van der Waals surface area contributed by atoms with Crippen LogP contribution >= 0.6 is 0 Å². The molecule has 1 N–H and O–H groups in total. The zero-order valence-corrected chi connectivity index (χ0v) is 11.7. The molecule has 0 aliphatic carbocycles. The lowest BCUT2D eigenvalue weighted by molar-refractivity contribution is -0.138. The van der Waals surface area contributed by atoms with Gasteiger partial charge in [-0.05, 0) is 38.6 Å². The van der Waals surface area contributed by atoms with E-state index in [0.29, 0.717) is 17.7 Å². The van der Waals surface area contributed by atoms with Gasteiger partial charge in [0.1, 0.15) is 0 Å². The normalized spacial score (nSPS) is 28.2. The van der Waals surface area contributed by atoms with Crippen LogP contribution in [0, 0.1) is 5.41 Å². The first-order valence-corrected chi connectivity index (χ1v) is 6.61. The number of piperidine rings is 1. The Morgan fingerprint density at radius 1 is 1.22 bits per heavy atom. The van der Waals surface area contributed by atoms with Crippen molar-refractivity contribution < 1.29 is 9.59 Å². The molecule has 1 saturated heterocycles. The van der Waals surface area contributed by atoms with Gasteiger partial charge >= 0.3 is 0 Å². The Morgan fingerprint density at radius 3 is 2.28 bits per heavy atom. The van der Waals surface area contributed by atoms with Crippen LogP contribution in [0.5, 0.6) is 0 Å². The van der Waals surface area contributed by atoms with E-state index in [4.69, 9.17) is 0 Å². The Labute approximate surface area is 108 Å². The lowest BCUT2D eigenvalue weighted by atomic mass is 9.77. The van der Waals surface area contributed by atoms with Crippen LogP contribution in [0.15, 0.2) is 11.1 Å². The van der Waals surface area contributed by atoms with Gasteiger partial charge in [-0.1, -0.05) is 13.8 Å². The second-order valence-electron chi connectivity index (χ2n) is 6.07. The summed E-state index contributed by atoms with van der Waals surface area (Å²) in [5.41, 5.74) is 1.31. The molecule has 0 bridgehead atoms. The fourth-order valence-corrected chi connectivity index (χ4v) is 2.75. The van der Waals surface area contributed by atoms with E-state index in [2.05, 4.69) is 19.2 Å². The van der Waals surface area contributed by atoms with Gasteiger partial charge in [0.25, 0.3) is 11.8 Å². The van der Waals surface area contributed by atoms with Gasteiger partial charge in [0.05, 0.1) is 0 Å². The zero-order chi connectivity index (χ0) is 13.5. The number of imide groups is 1. The number of nitrogens with one attached hydrogen (secondary N) is 1. The van der Waals surface area contributed by atoms with Crippen LogP contribution in [0.25, 0.3) is 0 Å². The summed E-state index contributed by atoms with van der Waals surface area (Å²) >= 11 is 0. The van der Waals surface area contributed by atoms with Crippen LogP contribution in [0.4, 0.5) is 0 Å². The van der Waals surface area contributed by atoms with E-state index in [9.17, 15) is 9.59 Å². The van der Waals surface area contributed by atoms with Crippen molar-refractivity contribution in [2.24, 2.45) is 5.41 Å². The minimum Gasteiger partial charge on any atom is -0.312 e. The van der Waals surface area contributed by atoms with Crippen molar-refractivity contribution in [1.82, 2.24) is 10.2 Å². The molecule has 1 unspecified atom stereocenters. The first-order valence-electron chi connectivity index (χ1n) is 6.61. The third-order valence-corrected chi connectivity index (χ3v) is 4.39. The highest BCUT2D eigenvalue weighted by Gasteiger charge is 2.39. The summed E-state index contributed by atoms with van der Waals surface area (Å²) in [6.45, 7) is 9.31. The average molecular weight is 250 g/mol. The van der Waals surface area contributed by atoms with Crippen LogP contribution < -0.4 is 5.32 Å². The van der Waals surface area contributed by atoms with Gasteiger partial charge in [0.15, 0.2) is 0 Å². The van der Waals surface area contributed by atoms with E-state index in [-0.39, 0.29) is 23.3 Å². The minimum absolute atomic E-state index is 0.124. The van der Waals surface area contributed by atoms with E-state index in [1.165, 1.54) is 4.90 Å². The van der Waals surface area contributed by atoms with Crippen molar-refractivity contribution in [3.63, 3.8) is 0 Å². The summed E-state index contributed by atoms with van der Waals surface area (Å²) in [5.74, 6) is -0.249. The van der Waals surface area contributed by atoms with Gasteiger partial charge in [-0.2, -0.15) is 0 Å². The molecular weight excluding hydrogens is 228 g/mol. The predicted octanol–water partition coefficient (Wildman–Crippen LogP) is 1.47. The molecule has 1 fully saturated rings. The maximum Gasteiger partial charge on any atom is 0.256 e. The van der Waals surface area contributed by atoms with Gasteiger partial charge in [-0.25, -0.2) is 0 Å². The Kier molecular flexibility index (Phi) is 3.32. The summed E-state index contributed by atoms with van der Waals surface area (Å²) in [6.07, 6.45) is 2.29. The maximum absolute atomic E-state index is 12.0. The summed E-state index contributed by atoms with van der Waals surface area (Å²) in [6, 6.07) is 0.192. The second kappa shape index (κ2) is 4.50. The van der Waals surface area contributed by atoms with Crippen molar-refractivity contribution in [2.45, 2.75) is 46.6 Å². The second-order valence-corrected chi connectivity index (χ2v) is 6.07. The van der Waals surface area contributed by atoms with Crippen molar-refractivity contribution in [1.29, 1.82) is 0 Å². The van der Waals surface area contributed by atoms with E-state index in [1.807, 2.05) is 0 Å². The number of carbonyl (C=O) groups excluding carboxylic acids is 2. The Hall–Kier alpha value is -1.16. The highest BCUT2D eigenvalue weighted by molar-refractivity contribution is 6.18. The third kappa shape index (κ3) is 2.09. The lowest BCUT2D eigenvalue weighted by Gasteiger charge is -2.40. The predicted molar refractivity (Wildman–Crippen MR) is 69.9 cm³/mol. The molecule has 0 aromatic carbocycles. The van der Waals surface area contributed by atoms with Crippen LogP contribution in [-0.4, -0.2) is 35.8 Å². The molecule has 2 heterocycles. The molecule has 2 amide bonds. The van der Waals surface area contributed by atoms with Gasteiger partial charge in [-0.3, -0.25) is 14.5 Å². The Balaban J connectivity index is 2.11. The molecule has 0 radical (unpaired) electrons. The smallest absolute Gasteiger partial charge is 0.256 e. The standard InChI is InChI=1S/C14H22N2O2/c1-9-10(2)13(18)16(12(9)17)8-11-14(3,4)6-5-7-15-11/h11,15H,5-8H2,1-4H3. The van der Waals surface area contributed by atoms with Gasteiger partial charge in [0, 0.05) is 23.7 Å². The fourth-order valence-electron chi connectivity index (χ4n) is 2.75. The Morgan fingerprint density at radius 2 is 1.78 bits per heavy atom. The summed E-state index contributed by atoms with van der Waals surface area (Å²) < 4.78 is 0. The largest absolute Gasteiger partial charge is 0.312 e. The Bertz CT molecular complexity index is 400. The quantitative estimate of drug-likeness (QED) is 0.755. The number of carbonyl (C=O) groups is 2. The van der Waals surface area contributed by atoms with E-state index < -0.39 is 0 Å². The fraction of sp³-hybridized carbons (Fsp3) is 0.714. The number of rotatable bonds is 2. The van der Waals surface area contributed by atoms with Crippen molar-refractivity contribution in [2.75, 3.05) is 13.1 Å². The molecule has 0 aromatic heterocycles. The molecule has 2 aliphatic heterocycles. The summed E-state index contributed by atoms with van der Waals surface area (Å²) in [7, 11) is 0.